The maximum atomic E-state index is 6.10. The second-order valence-electron chi connectivity index (χ2n) is 6.75. The van der Waals surface area contributed by atoms with Gasteiger partial charge in [-0.3, -0.25) is 0 Å². The zero-order valence-corrected chi connectivity index (χ0v) is 19.2. The summed E-state index contributed by atoms with van der Waals surface area (Å²) in [5.74, 6) is 0. The molecule has 0 fully saturated rings. The van der Waals surface area contributed by atoms with E-state index in [1.54, 1.807) is 17.4 Å². The average molecular weight is 480 g/mol. The van der Waals surface area contributed by atoms with Crippen LogP contribution in [0.4, 0.5) is 10.8 Å². The summed E-state index contributed by atoms with van der Waals surface area (Å²) in [6.45, 7) is 0. The van der Waals surface area contributed by atoms with Crippen LogP contribution in [0, 0.1) is 0 Å². The van der Waals surface area contributed by atoms with Crippen LogP contribution in [0.1, 0.15) is 0 Å². The highest BCUT2D eigenvalue weighted by Gasteiger charge is 2.17. The van der Waals surface area contributed by atoms with E-state index >= 15 is 0 Å². The van der Waals surface area contributed by atoms with Gasteiger partial charge in [-0.25, -0.2) is 9.97 Å². The molecular formula is C24H15Cl2N3S2. The summed E-state index contributed by atoms with van der Waals surface area (Å²) in [7, 11) is 0. The van der Waals surface area contributed by atoms with Crippen molar-refractivity contribution < 1.29 is 0 Å². The van der Waals surface area contributed by atoms with Crippen molar-refractivity contribution in [3.8, 4) is 32.4 Å². The second kappa shape index (κ2) is 8.81. The SMILES string of the molecule is Clc1cc(Cl)cc(Nc2nc(-c3nc(-c4ccccc4)c(-c4ccccc4)s3)cs2)c1. The van der Waals surface area contributed by atoms with Gasteiger partial charge in [0.25, 0.3) is 0 Å². The van der Waals surface area contributed by atoms with Crippen molar-refractivity contribution >= 4 is 56.7 Å². The van der Waals surface area contributed by atoms with Gasteiger partial charge in [0.1, 0.15) is 10.7 Å². The molecule has 2 heterocycles. The van der Waals surface area contributed by atoms with Gasteiger partial charge in [0.05, 0.1) is 10.6 Å². The topological polar surface area (TPSA) is 37.8 Å². The molecule has 0 amide bonds. The molecule has 31 heavy (non-hydrogen) atoms. The Morgan fingerprint density at radius 2 is 1.39 bits per heavy atom. The van der Waals surface area contributed by atoms with Crippen LogP contribution in [0.2, 0.25) is 10.0 Å². The molecule has 5 rings (SSSR count). The van der Waals surface area contributed by atoms with Crippen molar-refractivity contribution in [3.63, 3.8) is 0 Å². The Bertz CT molecular complexity index is 1250. The molecule has 7 heteroatoms. The molecule has 1 N–H and O–H groups in total. The van der Waals surface area contributed by atoms with Crippen LogP contribution in [0.25, 0.3) is 32.4 Å². The number of halogens is 2. The third kappa shape index (κ3) is 4.50. The molecule has 0 saturated heterocycles. The molecule has 0 aliphatic carbocycles. The van der Waals surface area contributed by atoms with Crippen LogP contribution < -0.4 is 5.32 Å². The van der Waals surface area contributed by atoms with Gasteiger partial charge in [0.2, 0.25) is 0 Å². The molecule has 5 aromatic rings. The minimum Gasteiger partial charge on any atom is -0.331 e. The molecule has 0 aliphatic heterocycles. The van der Waals surface area contributed by atoms with Crippen molar-refractivity contribution in [2.75, 3.05) is 5.32 Å². The van der Waals surface area contributed by atoms with Crippen molar-refractivity contribution in [2.24, 2.45) is 0 Å². The van der Waals surface area contributed by atoms with E-state index in [-0.39, 0.29) is 0 Å². The van der Waals surface area contributed by atoms with Gasteiger partial charge >= 0.3 is 0 Å². The molecule has 0 atom stereocenters. The third-order valence-corrected chi connectivity index (χ3v) is 6.87. The predicted octanol–water partition coefficient (Wildman–Crippen LogP) is 8.65. The van der Waals surface area contributed by atoms with Gasteiger partial charge in [-0.05, 0) is 23.8 Å². The highest BCUT2D eigenvalue weighted by molar-refractivity contribution is 7.19. The monoisotopic (exact) mass is 479 g/mol. The van der Waals surface area contributed by atoms with Crippen molar-refractivity contribution in [2.45, 2.75) is 0 Å². The normalized spacial score (nSPS) is 10.9. The van der Waals surface area contributed by atoms with Crippen LogP contribution in [-0.2, 0) is 0 Å². The summed E-state index contributed by atoms with van der Waals surface area (Å²) < 4.78 is 0. The van der Waals surface area contributed by atoms with Crippen molar-refractivity contribution in [3.05, 3.63) is 94.3 Å². The van der Waals surface area contributed by atoms with Crippen molar-refractivity contribution in [1.82, 2.24) is 9.97 Å². The summed E-state index contributed by atoms with van der Waals surface area (Å²) in [4.78, 5) is 10.8. The summed E-state index contributed by atoms with van der Waals surface area (Å²) in [5.41, 5.74) is 4.84. The number of anilines is 2. The molecule has 0 radical (unpaired) electrons. The Morgan fingerprint density at radius 3 is 2.06 bits per heavy atom. The van der Waals surface area contributed by atoms with Gasteiger partial charge in [-0.1, -0.05) is 83.9 Å². The maximum absolute atomic E-state index is 6.10. The van der Waals surface area contributed by atoms with E-state index in [4.69, 9.17) is 33.2 Å². The molecule has 0 unspecified atom stereocenters. The predicted molar refractivity (Wildman–Crippen MR) is 134 cm³/mol. The Balaban J connectivity index is 1.52. The first-order chi connectivity index (χ1) is 15.2. The van der Waals surface area contributed by atoms with Gasteiger partial charge in [0.15, 0.2) is 5.13 Å². The standard InChI is InChI=1S/C24H15Cl2N3S2/c25-17-11-18(26)13-19(12-17)27-24-28-20(14-30-24)23-29-21(15-7-3-1-4-8-15)22(31-23)16-9-5-2-6-10-16/h1-14H,(H,27,28). The number of nitrogens with one attached hydrogen (secondary N) is 1. The maximum Gasteiger partial charge on any atom is 0.187 e. The van der Waals surface area contributed by atoms with Crippen molar-refractivity contribution in [1.29, 1.82) is 0 Å². The van der Waals surface area contributed by atoms with Gasteiger partial charge in [0, 0.05) is 26.7 Å². The number of hydrogen-bond acceptors (Lipinski definition) is 5. The average Bonchev–Trinajstić information content (AvgIpc) is 3.42. The first kappa shape index (κ1) is 20.2. The van der Waals surface area contributed by atoms with E-state index < -0.39 is 0 Å². The number of aromatic nitrogens is 2. The lowest BCUT2D eigenvalue weighted by Crippen LogP contribution is -1.89. The summed E-state index contributed by atoms with van der Waals surface area (Å²) >= 11 is 15.4. The van der Waals surface area contributed by atoms with Gasteiger partial charge < -0.3 is 5.32 Å². The quantitative estimate of drug-likeness (QED) is 0.274. The third-order valence-electron chi connectivity index (χ3n) is 4.55. The number of thiazole rings is 2. The summed E-state index contributed by atoms with van der Waals surface area (Å²) in [5, 5.41) is 8.07. The first-order valence-corrected chi connectivity index (χ1v) is 11.9. The lowest BCUT2D eigenvalue weighted by Gasteiger charge is -2.03. The van der Waals surface area contributed by atoms with Crippen LogP contribution in [0.5, 0.6) is 0 Å². The fourth-order valence-electron chi connectivity index (χ4n) is 3.19. The first-order valence-electron chi connectivity index (χ1n) is 9.46. The lowest BCUT2D eigenvalue weighted by molar-refractivity contribution is 1.33. The molecule has 0 aliphatic rings. The number of nitrogens with zero attached hydrogens (tertiary/aromatic N) is 2. The van der Waals surface area contributed by atoms with E-state index in [1.807, 2.05) is 53.9 Å². The Labute approximate surface area is 198 Å². The number of rotatable bonds is 5. The lowest BCUT2D eigenvalue weighted by atomic mass is 10.1. The summed E-state index contributed by atoms with van der Waals surface area (Å²) in [6, 6.07) is 25.9. The molecule has 0 bridgehead atoms. The zero-order chi connectivity index (χ0) is 21.2. The zero-order valence-electron chi connectivity index (χ0n) is 16.0. The largest absolute Gasteiger partial charge is 0.331 e. The van der Waals surface area contributed by atoms with E-state index in [9.17, 15) is 0 Å². The highest BCUT2D eigenvalue weighted by atomic mass is 35.5. The van der Waals surface area contributed by atoms with Gasteiger partial charge in [-0.15, -0.1) is 22.7 Å². The van der Waals surface area contributed by atoms with E-state index in [0.29, 0.717) is 10.0 Å². The molecule has 3 aromatic carbocycles. The molecule has 152 valence electrons. The van der Waals surface area contributed by atoms with E-state index in [2.05, 4.69) is 29.6 Å². The van der Waals surface area contributed by atoms with Crippen LogP contribution in [0.15, 0.2) is 84.2 Å². The smallest absolute Gasteiger partial charge is 0.187 e. The fourth-order valence-corrected chi connectivity index (χ4v) is 5.55. The minimum absolute atomic E-state index is 0.576. The Kier molecular flexibility index (Phi) is 5.74. The van der Waals surface area contributed by atoms with E-state index in [0.717, 1.165) is 43.2 Å². The van der Waals surface area contributed by atoms with Crippen LogP contribution in [-0.4, -0.2) is 9.97 Å². The summed E-state index contributed by atoms with van der Waals surface area (Å²) in [6.07, 6.45) is 0. The second-order valence-corrected chi connectivity index (χ2v) is 9.48. The molecular weight excluding hydrogens is 465 g/mol. The molecule has 3 nitrogen and oxygen atoms in total. The fraction of sp³-hybridized carbons (Fsp3) is 0. The highest BCUT2D eigenvalue weighted by Crippen LogP contribution is 2.41. The van der Waals surface area contributed by atoms with Gasteiger partial charge in [-0.2, -0.15) is 0 Å². The Hall–Kier alpha value is -2.70. The molecule has 0 spiro atoms. The number of benzene rings is 3. The van der Waals surface area contributed by atoms with E-state index in [1.165, 1.54) is 11.3 Å². The minimum atomic E-state index is 0.576. The van der Waals surface area contributed by atoms with Crippen LogP contribution in [0.3, 0.4) is 0 Å². The Morgan fingerprint density at radius 1 is 0.742 bits per heavy atom. The molecule has 0 saturated carbocycles. The number of hydrogen-bond donors (Lipinski definition) is 1. The van der Waals surface area contributed by atoms with Crippen LogP contribution >= 0.6 is 45.9 Å². The molecule has 2 aromatic heterocycles.